The van der Waals surface area contributed by atoms with Gasteiger partial charge in [0.1, 0.15) is 5.82 Å². The zero-order valence-electron chi connectivity index (χ0n) is 7.32. The molecule has 0 aromatic carbocycles. The Morgan fingerprint density at radius 2 is 2.38 bits per heavy atom. The molecule has 4 heteroatoms. The lowest BCUT2D eigenvalue weighted by Crippen LogP contribution is -2.01. The van der Waals surface area contributed by atoms with E-state index in [1.807, 2.05) is 25.3 Å². The number of hydrogen-bond donors (Lipinski definition) is 2. The second-order valence-corrected chi connectivity index (χ2v) is 4.04. The first kappa shape index (κ1) is 8.47. The van der Waals surface area contributed by atoms with Gasteiger partial charge < -0.3 is 10.7 Å². The van der Waals surface area contributed by atoms with Gasteiger partial charge in [0.05, 0.1) is 4.88 Å². The van der Waals surface area contributed by atoms with Crippen LogP contribution in [-0.2, 0) is 0 Å². The van der Waals surface area contributed by atoms with E-state index in [0.717, 1.165) is 10.7 Å². The van der Waals surface area contributed by atoms with Crippen LogP contribution in [0.25, 0.3) is 10.7 Å². The molecule has 0 aliphatic carbocycles. The molecule has 0 aliphatic rings. The first-order valence-electron chi connectivity index (χ1n) is 4.12. The standard InChI is InChI=1S/C9H11N3S/c1-6(10)7-2-3-8(13-7)9-11-4-5-12-9/h2-6H,10H2,1H3,(H,11,12)/t6-/m1/s1. The number of imidazole rings is 1. The van der Waals surface area contributed by atoms with Crippen LogP contribution in [0.4, 0.5) is 0 Å². The molecule has 2 aromatic heterocycles. The second-order valence-electron chi connectivity index (χ2n) is 2.93. The summed E-state index contributed by atoms with van der Waals surface area (Å²) in [6, 6.07) is 4.20. The summed E-state index contributed by atoms with van der Waals surface area (Å²) in [6.07, 6.45) is 3.57. The van der Waals surface area contributed by atoms with Crippen LogP contribution in [0.3, 0.4) is 0 Å². The number of aromatic amines is 1. The number of aromatic nitrogens is 2. The van der Waals surface area contributed by atoms with Crippen molar-refractivity contribution in [3.63, 3.8) is 0 Å². The lowest BCUT2D eigenvalue weighted by molar-refractivity contribution is 0.838. The lowest BCUT2D eigenvalue weighted by Gasteiger charge is -1.97. The summed E-state index contributed by atoms with van der Waals surface area (Å²) in [5.74, 6) is 0.914. The second kappa shape index (κ2) is 3.32. The number of thiophene rings is 1. The normalized spacial score (nSPS) is 13.1. The fourth-order valence-corrected chi connectivity index (χ4v) is 2.05. The number of nitrogens with two attached hydrogens (primary N) is 1. The predicted octanol–water partition coefficient (Wildman–Crippen LogP) is 2.16. The molecule has 0 unspecified atom stereocenters. The minimum atomic E-state index is 0.105. The fourth-order valence-electron chi connectivity index (χ4n) is 1.12. The Hall–Kier alpha value is -1.13. The van der Waals surface area contributed by atoms with Gasteiger partial charge in [-0.05, 0) is 19.1 Å². The van der Waals surface area contributed by atoms with Gasteiger partial charge in [-0.25, -0.2) is 4.98 Å². The summed E-state index contributed by atoms with van der Waals surface area (Å²) in [5.41, 5.74) is 5.76. The predicted molar refractivity (Wildman–Crippen MR) is 54.5 cm³/mol. The van der Waals surface area contributed by atoms with Gasteiger partial charge in [-0.3, -0.25) is 0 Å². The third kappa shape index (κ3) is 1.64. The van der Waals surface area contributed by atoms with E-state index >= 15 is 0 Å². The summed E-state index contributed by atoms with van der Waals surface area (Å²) < 4.78 is 0. The highest BCUT2D eigenvalue weighted by molar-refractivity contribution is 7.15. The Morgan fingerprint density at radius 1 is 1.54 bits per heavy atom. The summed E-state index contributed by atoms with van der Waals surface area (Å²) in [6.45, 7) is 1.98. The Bertz CT molecular complexity index is 375. The third-order valence-electron chi connectivity index (χ3n) is 1.81. The van der Waals surface area contributed by atoms with E-state index in [0.29, 0.717) is 0 Å². The molecule has 0 amide bonds. The lowest BCUT2D eigenvalue weighted by atomic mass is 10.3. The first-order valence-corrected chi connectivity index (χ1v) is 4.94. The number of H-pyrrole nitrogens is 1. The van der Waals surface area contributed by atoms with Gasteiger partial charge in [0.25, 0.3) is 0 Å². The van der Waals surface area contributed by atoms with Gasteiger partial charge in [-0.2, -0.15) is 0 Å². The highest BCUT2D eigenvalue weighted by Gasteiger charge is 2.06. The summed E-state index contributed by atoms with van der Waals surface area (Å²) in [5, 5.41) is 0. The maximum Gasteiger partial charge on any atom is 0.147 e. The molecule has 2 aromatic rings. The average molecular weight is 193 g/mol. The van der Waals surface area contributed by atoms with Gasteiger partial charge in [0.2, 0.25) is 0 Å². The number of nitrogens with one attached hydrogen (secondary N) is 1. The quantitative estimate of drug-likeness (QED) is 0.767. The van der Waals surface area contributed by atoms with Gasteiger partial charge in [0, 0.05) is 23.3 Å². The van der Waals surface area contributed by atoms with Crippen LogP contribution < -0.4 is 5.73 Å². The Kier molecular flexibility index (Phi) is 2.16. The molecule has 0 saturated heterocycles. The van der Waals surface area contributed by atoms with Crippen LogP contribution in [0.1, 0.15) is 17.8 Å². The molecule has 1 atom stereocenters. The molecule has 3 nitrogen and oxygen atoms in total. The molecule has 0 radical (unpaired) electrons. The molecule has 0 fully saturated rings. The van der Waals surface area contributed by atoms with Crippen molar-refractivity contribution in [1.29, 1.82) is 0 Å². The van der Waals surface area contributed by atoms with Crippen molar-refractivity contribution >= 4 is 11.3 Å². The molecule has 68 valence electrons. The van der Waals surface area contributed by atoms with Crippen molar-refractivity contribution in [2.45, 2.75) is 13.0 Å². The van der Waals surface area contributed by atoms with E-state index < -0.39 is 0 Å². The van der Waals surface area contributed by atoms with Gasteiger partial charge in [0.15, 0.2) is 0 Å². The number of nitrogens with zero attached hydrogens (tertiary/aromatic N) is 1. The summed E-state index contributed by atoms with van der Waals surface area (Å²) >= 11 is 1.68. The van der Waals surface area contributed by atoms with Crippen molar-refractivity contribution in [3.05, 3.63) is 29.4 Å². The maximum absolute atomic E-state index is 5.76. The van der Waals surface area contributed by atoms with E-state index in [4.69, 9.17) is 5.73 Å². The highest BCUT2D eigenvalue weighted by atomic mass is 32.1. The SMILES string of the molecule is C[C@@H](N)c1ccc(-c2ncc[nH]2)s1. The Balaban J connectivity index is 2.33. The topological polar surface area (TPSA) is 54.7 Å². The molecule has 0 aliphatic heterocycles. The van der Waals surface area contributed by atoms with Crippen LogP contribution in [-0.4, -0.2) is 9.97 Å². The molecular weight excluding hydrogens is 182 g/mol. The third-order valence-corrected chi connectivity index (χ3v) is 3.10. The number of rotatable bonds is 2. The molecule has 0 saturated carbocycles. The molecule has 3 N–H and O–H groups in total. The molecule has 13 heavy (non-hydrogen) atoms. The van der Waals surface area contributed by atoms with E-state index in [1.165, 1.54) is 4.88 Å². The summed E-state index contributed by atoms with van der Waals surface area (Å²) in [7, 11) is 0. The van der Waals surface area contributed by atoms with E-state index in [2.05, 4.69) is 9.97 Å². The van der Waals surface area contributed by atoms with Crippen LogP contribution >= 0.6 is 11.3 Å². The van der Waals surface area contributed by atoms with E-state index in [9.17, 15) is 0 Å². The Labute approximate surface area is 80.6 Å². The van der Waals surface area contributed by atoms with E-state index in [1.54, 1.807) is 17.5 Å². The smallest absolute Gasteiger partial charge is 0.147 e. The monoisotopic (exact) mass is 193 g/mol. The van der Waals surface area contributed by atoms with E-state index in [-0.39, 0.29) is 6.04 Å². The maximum atomic E-state index is 5.76. The van der Waals surface area contributed by atoms with Crippen LogP contribution in [0.5, 0.6) is 0 Å². The number of hydrogen-bond acceptors (Lipinski definition) is 3. The zero-order chi connectivity index (χ0) is 9.26. The van der Waals surface area contributed by atoms with Crippen LogP contribution in [0.15, 0.2) is 24.5 Å². The minimum Gasteiger partial charge on any atom is -0.344 e. The molecule has 0 spiro atoms. The fraction of sp³-hybridized carbons (Fsp3) is 0.222. The van der Waals surface area contributed by atoms with Gasteiger partial charge in [-0.1, -0.05) is 0 Å². The molecule has 0 bridgehead atoms. The van der Waals surface area contributed by atoms with Gasteiger partial charge in [-0.15, -0.1) is 11.3 Å². The molecular formula is C9H11N3S. The van der Waals surface area contributed by atoms with Crippen molar-refractivity contribution < 1.29 is 0 Å². The highest BCUT2D eigenvalue weighted by Crippen LogP contribution is 2.27. The van der Waals surface area contributed by atoms with Crippen molar-refractivity contribution in [2.24, 2.45) is 5.73 Å². The molecule has 2 heterocycles. The molecule has 2 rings (SSSR count). The van der Waals surface area contributed by atoms with Crippen LogP contribution in [0.2, 0.25) is 0 Å². The van der Waals surface area contributed by atoms with Crippen LogP contribution in [0, 0.1) is 0 Å². The zero-order valence-corrected chi connectivity index (χ0v) is 8.14. The average Bonchev–Trinajstić information content (AvgIpc) is 2.75. The first-order chi connectivity index (χ1) is 6.27. The van der Waals surface area contributed by atoms with Gasteiger partial charge >= 0.3 is 0 Å². The largest absolute Gasteiger partial charge is 0.344 e. The van der Waals surface area contributed by atoms with Crippen molar-refractivity contribution in [2.75, 3.05) is 0 Å². The summed E-state index contributed by atoms with van der Waals surface area (Å²) in [4.78, 5) is 9.56. The van der Waals surface area contributed by atoms with Crippen molar-refractivity contribution in [1.82, 2.24) is 9.97 Å². The van der Waals surface area contributed by atoms with Crippen molar-refractivity contribution in [3.8, 4) is 10.7 Å². The Morgan fingerprint density at radius 3 is 2.92 bits per heavy atom. The minimum absolute atomic E-state index is 0.105.